The van der Waals surface area contributed by atoms with E-state index in [1.807, 2.05) is 7.05 Å². The first-order valence-corrected chi connectivity index (χ1v) is 7.96. The molecule has 0 aliphatic carbocycles. The summed E-state index contributed by atoms with van der Waals surface area (Å²) in [4.78, 5) is 43.0. The summed E-state index contributed by atoms with van der Waals surface area (Å²) in [5.74, 6) is -0.139. The van der Waals surface area contributed by atoms with E-state index < -0.39 is 11.2 Å². The largest absolute Gasteiger partial charge is 0.337 e. The summed E-state index contributed by atoms with van der Waals surface area (Å²) in [7, 11) is 4.86. The Kier molecular flexibility index (Phi) is 4.23. The molecule has 8 heteroatoms. The van der Waals surface area contributed by atoms with Crippen LogP contribution in [0.25, 0.3) is 11.0 Å². The minimum atomic E-state index is -0.443. The average molecular weight is 331 g/mol. The molecule has 1 aliphatic rings. The van der Waals surface area contributed by atoms with Gasteiger partial charge >= 0.3 is 5.69 Å². The molecule has 2 aromatic heterocycles. The number of hydrogen-bond donors (Lipinski definition) is 1. The fourth-order valence-corrected chi connectivity index (χ4v) is 3.16. The van der Waals surface area contributed by atoms with Gasteiger partial charge in [-0.25, -0.2) is 9.78 Å². The minimum absolute atomic E-state index is 0.139. The maximum Gasteiger partial charge on any atom is 0.332 e. The van der Waals surface area contributed by atoms with Crippen LogP contribution in [0.2, 0.25) is 0 Å². The Hall–Kier alpha value is -2.48. The third kappa shape index (κ3) is 2.62. The fraction of sp³-hybridized carbons (Fsp3) is 0.500. The lowest BCUT2D eigenvalue weighted by Gasteiger charge is -2.32. The maximum absolute atomic E-state index is 12.7. The van der Waals surface area contributed by atoms with Gasteiger partial charge in [0.25, 0.3) is 11.5 Å². The summed E-state index contributed by atoms with van der Waals surface area (Å²) in [5, 5.41) is 3.47. The summed E-state index contributed by atoms with van der Waals surface area (Å²) in [5.41, 5.74) is -0.227. The number of hydrogen-bond acceptors (Lipinski definition) is 5. The number of pyridine rings is 1. The number of fused-ring (bicyclic) bond motifs is 1. The first-order valence-electron chi connectivity index (χ1n) is 7.96. The first-order chi connectivity index (χ1) is 11.4. The quantitative estimate of drug-likeness (QED) is 0.798. The van der Waals surface area contributed by atoms with Crippen LogP contribution in [-0.4, -0.2) is 51.1 Å². The van der Waals surface area contributed by atoms with Crippen LogP contribution in [0.3, 0.4) is 0 Å². The van der Waals surface area contributed by atoms with Gasteiger partial charge in [-0.1, -0.05) is 0 Å². The molecule has 1 fully saturated rings. The van der Waals surface area contributed by atoms with Crippen molar-refractivity contribution in [3.8, 4) is 0 Å². The highest BCUT2D eigenvalue weighted by Crippen LogP contribution is 2.15. The van der Waals surface area contributed by atoms with Gasteiger partial charge in [0.2, 0.25) is 0 Å². The lowest BCUT2D eigenvalue weighted by atomic mass is 10.0. The molecule has 1 unspecified atom stereocenters. The van der Waals surface area contributed by atoms with Crippen LogP contribution in [0.1, 0.15) is 23.2 Å². The molecule has 2 aromatic rings. The Morgan fingerprint density at radius 3 is 2.75 bits per heavy atom. The molecule has 0 spiro atoms. The lowest BCUT2D eigenvalue weighted by molar-refractivity contribution is 0.0698. The number of aryl methyl sites for hydroxylation is 1. The SMILES string of the molecule is CNC1CCCN(C(=O)c2cnc3c(c2)c(=O)n(C)c(=O)n3C)C1. The van der Waals surface area contributed by atoms with Gasteiger partial charge in [0.05, 0.1) is 10.9 Å². The van der Waals surface area contributed by atoms with Gasteiger partial charge in [-0.3, -0.25) is 18.7 Å². The number of nitrogens with zero attached hydrogens (tertiary/aromatic N) is 4. The second-order valence-corrected chi connectivity index (χ2v) is 6.18. The highest BCUT2D eigenvalue weighted by molar-refractivity contribution is 5.96. The number of rotatable bonds is 2. The van der Waals surface area contributed by atoms with Gasteiger partial charge in [0.15, 0.2) is 0 Å². The number of nitrogens with one attached hydrogen (secondary N) is 1. The van der Waals surface area contributed by atoms with E-state index in [0.717, 1.165) is 17.4 Å². The van der Waals surface area contributed by atoms with Crippen LogP contribution < -0.4 is 16.6 Å². The fourth-order valence-electron chi connectivity index (χ4n) is 3.16. The second kappa shape index (κ2) is 6.20. The van der Waals surface area contributed by atoms with Crippen molar-refractivity contribution in [1.29, 1.82) is 0 Å². The van der Waals surface area contributed by atoms with E-state index in [0.29, 0.717) is 18.7 Å². The monoisotopic (exact) mass is 331 g/mol. The molecule has 24 heavy (non-hydrogen) atoms. The number of likely N-dealkylation sites (N-methyl/N-ethyl adjacent to an activating group) is 1. The molecule has 0 bridgehead atoms. The van der Waals surface area contributed by atoms with Crippen molar-refractivity contribution >= 4 is 16.9 Å². The zero-order chi connectivity index (χ0) is 17.4. The number of carbonyl (C=O) groups excluding carboxylic acids is 1. The average Bonchev–Trinajstić information content (AvgIpc) is 2.63. The smallest absolute Gasteiger partial charge is 0.332 e. The highest BCUT2D eigenvalue weighted by atomic mass is 16.2. The van der Waals surface area contributed by atoms with Crippen LogP contribution in [-0.2, 0) is 14.1 Å². The van der Waals surface area contributed by atoms with E-state index in [2.05, 4.69) is 10.3 Å². The van der Waals surface area contributed by atoms with Gasteiger partial charge in [0.1, 0.15) is 5.65 Å². The molecule has 1 N–H and O–H groups in total. The minimum Gasteiger partial charge on any atom is -0.337 e. The second-order valence-electron chi connectivity index (χ2n) is 6.18. The predicted octanol–water partition coefficient (Wildman–Crippen LogP) is -0.544. The highest BCUT2D eigenvalue weighted by Gasteiger charge is 2.24. The van der Waals surface area contributed by atoms with E-state index in [-0.39, 0.29) is 23.0 Å². The molecular formula is C16H21N5O3. The van der Waals surface area contributed by atoms with Gasteiger partial charge < -0.3 is 10.2 Å². The van der Waals surface area contributed by atoms with E-state index in [9.17, 15) is 14.4 Å². The summed E-state index contributed by atoms with van der Waals surface area (Å²) in [6.45, 7) is 1.33. The zero-order valence-electron chi connectivity index (χ0n) is 14.1. The molecule has 1 aliphatic heterocycles. The Bertz CT molecular complexity index is 914. The van der Waals surface area contributed by atoms with Crippen LogP contribution >= 0.6 is 0 Å². The molecule has 128 valence electrons. The molecule has 1 amide bonds. The molecule has 0 saturated carbocycles. The normalized spacial score (nSPS) is 18.1. The molecule has 0 radical (unpaired) electrons. The third-order valence-corrected chi connectivity index (χ3v) is 4.66. The van der Waals surface area contributed by atoms with Gasteiger partial charge in [-0.15, -0.1) is 0 Å². The molecule has 0 aromatic carbocycles. The third-order valence-electron chi connectivity index (χ3n) is 4.66. The Morgan fingerprint density at radius 2 is 2.04 bits per heavy atom. The number of amides is 1. The molecule has 1 saturated heterocycles. The van der Waals surface area contributed by atoms with Gasteiger partial charge in [-0.05, 0) is 26.0 Å². The molecule has 3 heterocycles. The van der Waals surface area contributed by atoms with Crippen molar-refractivity contribution in [2.24, 2.45) is 14.1 Å². The number of aromatic nitrogens is 3. The van der Waals surface area contributed by atoms with Crippen molar-refractivity contribution in [2.75, 3.05) is 20.1 Å². The Morgan fingerprint density at radius 1 is 1.29 bits per heavy atom. The van der Waals surface area contributed by atoms with E-state index in [1.165, 1.54) is 23.9 Å². The lowest BCUT2D eigenvalue weighted by Crippen LogP contribution is -2.47. The van der Waals surface area contributed by atoms with Crippen LogP contribution in [0.15, 0.2) is 21.9 Å². The molecule has 1 atom stereocenters. The van der Waals surface area contributed by atoms with Crippen molar-refractivity contribution in [3.63, 3.8) is 0 Å². The molecule has 3 rings (SSSR count). The summed E-state index contributed by atoms with van der Waals surface area (Å²) in [6.07, 6.45) is 3.42. The van der Waals surface area contributed by atoms with E-state index in [4.69, 9.17) is 0 Å². The number of likely N-dealkylation sites (tertiary alicyclic amines) is 1. The summed E-state index contributed by atoms with van der Waals surface area (Å²) < 4.78 is 2.33. The van der Waals surface area contributed by atoms with Crippen LogP contribution in [0.5, 0.6) is 0 Å². The van der Waals surface area contributed by atoms with Crippen molar-refractivity contribution in [1.82, 2.24) is 24.3 Å². The summed E-state index contributed by atoms with van der Waals surface area (Å²) >= 11 is 0. The van der Waals surface area contributed by atoms with Crippen LogP contribution in [0.4, 0.5) is 0 Å². The predicted molar refractivity (Wildman–Crippen MR) is 90.2 cm³/mol. The Labute approximate surface area is 138 Å². The van der Waals surface area contributed by atoms with Crippen molar-refractivity contribution < 1.29 is 4.79 Å². The zero-order valence-corrected chi connectivity index (χ0v) is 14.1. The van der Waals surface area contributed by atoms with E-state index in [1.54, 1.807) is 11.9 Å². The first kappa shape index (κ1) is 16.4. The van der Waals surface area contributed by atoms with Crippen LogP contribution in [0, 0.1) is 0 Å². The molecular weight excluding hydrogens is 310 g/mol. The van der Waals surface area contributed by atoms with Gasteiger partial charge in [-0.2, -0.15) is 0 Å². The number of carbonyl (C=O) groups is 1. The topological polar surface area (TPSA) is 89.2 Å². The van der Waals surface area contributed by atoms with Gasteiger partial charge in [0, 0.05) is 39.4 Å². The summed E-state index contributed by atoms with van der Waals surface area (Å²) in [6, 6.07) is 1.82. The standard InChI is InChI=1S/C16H21N5O3/c1-17-11-5-4-6-21(9-11)14(22)10-7-12-13(18-8-10)19(2)16(24)20(3)15(12)23/h7-8,11,17H,4-6,9H2,1-3H3. The van der Waals surface area contributed by atoms with Crippen molar-refractivity contribution in [3.05, 3.63) is 38.7 Å². The van der Waals surface area contributed by atoms with E-state index >= 15 is 0 Å². The maximum atomic E-state index is 12.7. The molecule has 8 nitrogen and oxygen atoms in total. The Balaban J connectivity index is 2.03. The number of piperidine rings is 1. The van der Waals surface area contributed by atoms with Crippen molar-refractivity contribution in [2.45, 2.75) is 18.9 Å².